The highest BCUT2D eigenvalue weighted by Gasteiger charge is 2.19. The van der Waals surface area contributed by atoms with E-state index in [0.29, 0.717) is 21.4 Å². The van der Waals surface area contributed by atoms with E-state index in [4.69, 9.17) is 0 Å². The third-order valence-electron chi connectivity index (χ3n) is 4.64. The minimum Gasteiger partial charge on any atom is -0.411 e. The molecule has 0 unspecified atom stereocenters. The van der Waals surface area contributed by atoms with Gasteiger partial charge in [-0.1, -0.05) is 38.1 Å². The molecule has 0 atom stereocenters. The van der Waals surface area contributed by atoms with Crippen molar-refractivity contribution in [3.63, 3.8) is 0 Å². The van der Waals surface area contributed by atoms with Crippen LogP contribution in [-0.4, -0.2) is 29.3 Å². The second-order valence-electron chi connectivity index (χ2n) is 7.97. The number of sulfonamides is 1. The first kappa shape index (κ1) is 22.9. The van der Waals surface area contributed by atoms with Crippen molar-refractivity contribution in [2.24, 2.45) is 5.16 Å². The van der Waals surface area contributed by atoms with Gasteiger partial charge in [0.05, 0.1) is 16.3 Å². The maximum Gasteiger partial charge on any atom is 0.263 e. The summed E-state index contributed by atoms with van der Waals surface area (Å²) in [4.78, 5) is 8.58. The fourth-order valence-corrected chi connectivity index (χ4v) is 4.25. The zero-order chi connectivity index (χ0) is 22.6. The molecule has 0 aliphatic heterocycles. The molecule has 0 saturated carbocycles. The fraction of sp³-hybridized carbons (Fsp3) is 0.227. The Hall–Kier alpha value is -2.78. The molecule has 31 heavy (non-hydrogen) atoms. The maximum atomic E-state index is 12.8. The normalized spacial score (nSPS) is 12.6. The van der Waals surface area contributed by atoms with Gasteiger partial charge >= 0.3 is 0 Å². The van der Waals surface area contributed by atoms with Crippen LogP contribution >= 0.6 is 15.9 Å². The van der Waals surface area contributed by atoms with Crippen LogP contribution in [0.15, 0.2) is 75.4 Å². The summed E-state index contributed by atoms with van der Waals surface area (Å²) in [5.74, 6) is 0.168. The van der Waals surface area contributed by atoms with Gasteiger partial charge in [0, 0.05) is 28.9 Å². The average Bonchev–Trinajstić information content (AvgIpc) is 2.74. The maximum absolute atomic E-state index is 12.8. The number of nitrogens with one attached hydrogen (secondary N) is 1. The van der Waals surface area contributed by atoms with Gasteiger partial charge in [-0.05, 0) is 63.3 Å². The van der Waals surface area contributed by atoms with E-state index in [2.05, 4.69) is 56.5 Å². The summed E-state index contributed by atoms with van der Waals surface area (Å²) in [6, 6.07) is 13.6. The Bertz CT molecular complexity index is 1190. The molecule has 0 radical (unpaired) electrons. The quantitative estimate of drug-likeness (QED) is 0.287. The molecule has 162 valence electrons. The molecule has 0 spiro atoms. The number of anilines is 1. The monoisotopic (exact) mass is 502 g/mol. The Morgan fingerprint density at radius 3 is 2.42 bits per heavy atom. The first-order valence-corrected chi connectivity index (χ1v) is 11.8. The second-order valence-corrected chi connectivity index (χ2v) is 10.5. The van der Waals surface area contributed by atoms with Crippen LogP contribution in [0.25, 0.3) is 0 Å². The predicted octanol–water partition coefficient (Wildman–Crippen LogP) is 4.76. The van der Waals surface area contributed by atoms with Crippen molar-refractivity contribution in [2.45, 2.75) is 37.5 Å². The van der Waals surface area contributed by atoms with Crippen LogP contribution in [0.1, 0.15) is 37.6 Å². The van der Waals surface area contributed by atoms with Gasteiger partial charge in [0.15, 0.2) is 0 Å². The van der Waals surface area contributed by atoms with E-state index in [-0.39, 0.29) is 22.5 Å². The number of hydrogen-bond acceptors (Lipinski definition) is 6. The second kappa shape index (κ2) is 9.15. The van der Waals surface area contributed by atoms with Crippen LogP contribution < -0.4 is 4.72 Å². The van der Waals surface area contributed by atoms with Crippen molar-refractivity contribution in [1.29, 1.82) is 0 Å². The molecule has 0 fully saturated rings. The van der Waals surface area contributed by atoms with Gasteiger partial charge in [0.2, 0.25) is 0 Å². The number of aromatic nitrogens is 2. The molecule has 1 aromatic carbocycles. The Labute approximate surface area is 190 Å². The molecule has 0 aliphatic rings. The predicted molar refractivity (Wildman–Crippen MR) is 124 cm³/mol. The summed E-state index contributed by atoms with van der Waals surface area (Å²) < 4.78 is 28.8. The smallest absolute Gasteiger partial charge is 0.263 e. The zero-order valence-corrected chi connectivity index (χ0v) is 19.8. The van der Waals surface area contributed by atoms with Crippen molar-refractivity contribution in [2.75, 3.05) is 4.72 Å². The van der Waals surface area contributed by atoms with Gasteiger partial charge < -0.3 is 5.21 Å². The molecular formula is C22H23BrN4O3S. The number of hydrogen-bond donors (Lipinski definition) is 2. The molecule has 0 amide bonds. The van der Waals surface area contributed by atoms with Crippen molar-refractivity contribution in [3.05, 3.63) is 82.2 Å². The van der Waals surface area contributed by atoms with Crippen LogP contribution in [0.5, 0.6) is 0 Å². The number of oxime groups is 1. The van der Waals surface area contributed by atoms with Crippen LogP contribution in [0.3, 0.4) is 0 Å². The number of halogens is 1. The van der Waals surface area contributed by atoms with E-state index < -0.39 is 10.0 Å². The van der Waals surface area contributed by atoms with Crippen molar-refractivity contribution < 1.29 is 13.6 Å². The highest BCUT2D eigenvalue weighted by atomic mass is 79.9. The lowest BCUT2D eigenvalue weighted by Gasteiger charge is -2.19. The minimum atomic E-state index is -3.81. The molecule has 2 N–H and O–H groups in total. The summed E-state index contributed by atoms with van der Waals surface area (Å²) in [5, 5.41) is 12.8. The van der Waals surface area contributed by atoms with Gasteiger partial charge in [-0.25, -0.2) is 13.4 Å². The highest BCUT2D eigenvalue weighted by Crippen LogP contribution is 2.25. The lowest BCUT2D eigenvalue weighted by Crippen LogP contribution is -2.16. The van der Waals surface area contributed by atoms with E-state index in [0.717, 1.165) is 5.56 Å². The number of benzene rings is 1. The fourth-order valence-electron chi connectivity index (χ4n) is 2.88. The Kier molecular flexibility index (Phi) is 6.76. The van der Waals surface area contributed by atoms with Gasteiger partial charge in [0.25, 0.3) is 10.0 Å². The van der Waals surface area contributed by atoms with Crippen LogP contribution in [0.2, 0.25) is 0 Å². The molecule has 0 saturated heterocycles. The summed E-state index contributed by atoms with van der Waals surface area (Å²) >= 11 is 3.42. The summed E-state index contributed by atoms with van der Waals surface area (Å²) in [6.07, 6.45) is 3.38. The Morgan fingerprint density at radius 2 is 1.84 bits per heavy atom. The standard InChI is InChI=1S/C22H23BrN4O3S/c1-22(2,3)16-6-8-17(9-7-16)31(29,30)27-21-11-10-18(23)20(25-21)13-19(26-28)15-5-4-12-24-14-15/h4-12,14,28H,13H2,1-3H3,(H,25,27)/b26-19-. The largest absolute Gasteiger partial charge is 0.411 e. The van der Waals surface area contributed by atoms with Gasteiger partial charge in [-0.15, -0.1) is 0 Å². The number of pyridine rings is 2. The van der Waals surface area contributed by atoms with Crippen molar-refractivity contribution in [3.8, 4) is 0 Å². The molecule has 3 rings (SSSR count). The molecule has 9 heteroatoms. The lowest BCUT2D eigenvalue weighted by atomic mass is 9.87. The van der Waals surface area contributed by atoms with E-state index in [1.165, 1.54) is 0 Å². The zero-order valence-electron chi connectivity index (χ0n) is 17.4. The molecule has 0 bridgehead atoms. The van der Waals surface area contributed by atoms with Gasteiger partial charge in [-0.2, -0.15) is 0 Å². The Morgan fingerprint density at radius 1 is 1.13 bits per heavy atom. The molecule has 7 nitrogen and oxygen atoms in total. The van der Waals surface area contributed by atoms with Crippen molar-refractivity contribution in [1.82, 2.24) is 9.97 Å². The SMILES string of the molecule is CC(C)(C)c1ccc(S(=O)(=O)Nc2ccc(Br)c(C/C(=N/O)c3cccnc3)n2)cc1. The van der Waals surface area contributed by atoms with Crippen molar-refractivity contribution >= 4 is 37.5 Å². The summed E-state index contributed by atoms with van der Waals surface area (Å²) in [5.41, 5.74) is 2.49. The average molecular weight is 503 g/mol. The van der Waals surface area contributed by atoms with E-state index >= 15 is 0 Å². The van der Waals surface area contributed by atoms with Gasteiger partial charge in [-0.3, -0.25) is 9.71 Å². The van der Waals surface area contributed by atoms with E-state index in [1.807, 2.05) is 12.1 Å². The molecule has 2 aromatic heterocycles. The first-order valence-electron chi connectivity index (χ1n) is 9.50. The lowest BCUT2D eigenvalue weighted by molar-refractivity contribution is 0.318. The third kappa shape index (κ3) is 5.68. The van der Waals surface area contributed by atoms with E-state index in [1.54, 1.807) is 48.8 Å². The Balaban J connectivity index is 1.84. The third-order valence-corrected chi connectivity index (χ3v) is 6.73. The van der Waals surface area contributed by atoms with Crippen LogP contribution in [0.4, 0.5) is 5.82 Å². The summed E-state index contributed by atoms with van der Waals surface area (Å²) in [6.45, 7) is 6.20. The van der Waals surface area contributed by atoms with Gasteiger partial charge in [0.1, 0.15) is 5.82 Å². The molecule has 3 aromatic rings. The number of rotatable bonds is 6. The summed E-state index contributed by atoms with van der Waals surface area (Å²) in [7, 11) is -3.81. The molecular weight excluding hydrogens is 480 g/mol. The number of nitrogens with zero attached hydrogens (tertiary/aromatic N) is 3. The molecule has 2 heterocycles. The highest BCUT2D eigenvalue weighted by molar-refractivity contribution is 9.10. The van der Waals surface area contributed by atoms with E-state index in [9.17, 15) is 13.6 Å². The minimum absolute atomic E-state index is 0.0713. The first-order chi connectivity index (χ1) is 14.6. The van der Waals surface area contributed by atoms with Crippen LogP contribution in [-0.2, 0) is 21.9 Å². The molecule has 0 aliphatic carbocycles. The topological polar surface area (TPSA) is 105 Å². The van der Waals surface area contributed by atoms with Crippen LogP contribution in [0, 0.1) is 0 Å².